The van der Waals surface area contributed by atoms with Gasteiger partial charge in [0.05, 0.1) is 13.2 Å². The van der Waals surface area contributed by atoms with Crippen LogP contribution < -0.4 is 9.47 Å². The minimum absolute atomic E-state index is 0.645. The molecule has 0 amide bonds. The van der Waals surface area contributed by atoms with Crippen molar-refractivity contribution in [3.63, 3.8) is 0 Å². The lowest BCUT2D eigenvalue weighted by Gasteiger charge is -2.14. The van der Waals surface area contributed by atoms with Crippen LogP contribution in [0.4, 0.5) is 0 Å². The minimum atomic E-state index is 0.645. The average Bonchev–Trinajstić information content (AvgIpc) is 3.59. The van der Waals surface area contributed by atoms with E-state index in [2.05, 4.69) is 86.8 Å². The number of nitrogens with one attached hydrogen (secondary N) is 1. The maximum atomic E-state index is 6.25. The summed E-state index contributed by atoms with van der Waals surface area (Å²) in [4.78, 5) is 0. The molecule has 5 aromatic rings. The molecule has 0 saturated carbocycles. The summed E-state index contributed by atoms with van der Waals surface area (Å²) in [5, 5.41) is 15.2. The molecule has 36 heavy (non-hydrogen) atoms. The SMILES string of the molecule is CCCc1c(OCCCCOc2ccc(-c3nnn[nH]3)cc2)ccc2c1ccn2Cc1ccccc1. The lowest BCUT2D eigenvalue weighted by molar-refractivity contribution is 0.265. The molecule has 0 radical (unpaired) electrons. The zero-order chi connectivity index (χ0) is 24.6. The van der Waals surface area contributed by atoms with E-state index in [1.54, 1.807) is 0 Å². The number of benzene rings is 3. The van der Waals surface area contributed by atoms with Crippen LogP contribution in [0.1, 0.15) is 37.3 Å². The maximum absolute atomic E-state index is 6.25. The summed E-state index contributed by atoms with van der Waals surface area (Å²) >= 11 is 0. The number of aromatic amines is 1. The summed E-state index contributed by atoms with van der Waals surface area (Å²) in [5.41, 5.74) is 4.79. The summed E-state index contributed by atoms with van der Waals surface area (Å²) in [5.74, 6) is 2.48. The molecule has 0 aliphatic heterocycles. The second kappa shape index (κ2) is 11.5. The van der Waals surface area contributed by atoms with Crippen molar-refractivity contribution in [3.8, 4) is 22.9 Å². The van der Waals surface area contributed by atoms with Crippen LogP contribution in [0.15, 0.2) is 79.0 Å². The molecule has 3 aromatic carbocycles. The molecule has 5 rings (SSSR count). The van der Waals surface area contributed by atoms with Gasteiger partial charge in [-0.05, 0) is 77.7 Å². The van der Waals surface area contributed by atoms with Gasteiger partial charge in [0.2, 0.25) is 0 Å². The van der Waals surface area contributed by atoms with Gasteiger partial charge in [-0.2, -0.15) is 0 Å². The van der Waals surface area contributed by atoms with Gasteiger partial charge in [-0.15, -0.1) is 5.10 Å². The average molecular weight is 482 g/mol. The fraction of sp³-hybridized carbons (Fsp3) is 0.276. The third-order valence-corrected chi connectivity index (χ3v) is 6.26. The Kier molecular flexibility index (Phi) is 7.56. The number of rotatable bonds is 12. The van der Waals surface area contributed by atoms with Gasteiger partial charge in [0.15, 0.2) is 5.82 Å². The zero-order valence-electron chi connectivity index (χ0n) is 20.6. The largest absolute Gasteiger partial charge is 0.494 e. The molecule has 0 unspecified atom stereocenters. The van der Waals surface area contributed by atoms with Gasteiger partial charge in [-0.1, -0.05) is 43.7 Å². The number of aryl methyl sites for hydroxylation is 1. The first-order valence-corrected chi connectivity index (χ1v) is 12.6. The fourth-order valence-corrected chi connectivity index (χ4v) is 4.44. The van der Waals surface area contributed by atoms with Gasteiger partial charge in [-0.25, -0.2) is 5.10 Å². The summed E-state index contributed by atoms with van der Waals surface area (Å²) < 4.78 is 14.4. The molecule has 0 aliphatic rings. The first kappa shape index (κ1) is 23.6. The van der Waals surface area contributed by atoms with Crippen LogP contribution in [0.5, 0.6) is 11.5 Å². The highest BCUT2D eigenvalue weighted by Gasteiger charge is 2.12. The second-order valence-corrected chi connectivity index (χ2v) is 8.83. The van der Waals surface area contributed by atoms with Crippen LogP contribution in [0, 0.1) is 0 Å². The molecule has 7 nitrogen and oxygen atoms in total. The predicted molar refractivity (Wildman–Crippen MR) is 141 cm³/mol. The van der Waals surface area contributed by atoms with Crippen molar-refractivity contribution in [2.24, 2.45) is 0 Å². The van der Waals surface area contributed by atoms with E-state index in [0.29, 0.717) is 19.0 Å². The van der Waals surface area contributed by atoms with Gasteiger partial charge in [0.1, 0.15) is 11.5 Å². The van der Waals surface area contributed by atoms with Crippen LogP contribution in [0.2, 0.25) is 0 Å². The Labute approximate surface area is 211 Å². The third kappa shape index (κ3) is 5.57. The number of H-pyrrole nitrogens is 1. The van der Waals surface area contributed by atoms with Crippen LogP contribution in [0.25, 0.3) is 22.3 Å². The van der Waals surface area contributed by atoms with E-state index < -0.39 is 0 Å². The molecular weight excluding hydrogens is 450 g/mol. The number of unbranched alkanes of at least 4 members (excludes halogenated alkanes) is 1. The van der Waals surface area contributed by atoms with E-state index in [0.717, 1.165) is 49.3 Å². The van der Waals surface area contributed by atoms with E-state index in [4.69, 9.17) is 9.47 Å². The summed E-state index contributed by atoms with van der Waals surface area (Å²) in [7, 11) is 0. The molecule has 0 fully saturated rings. The van der Waals surface area contributed by atoms with E-state index in [9.17, 15) is 0 Å². The van der Waals surface area contributed by atoms with Crippen molar-refractivity contribution in [2.75, 3.05) is 13.2 Å². The Bertz CT molecular complexity index is 1360. The number of hydrogen-bond acceptors (Lipinski definition) is 5. The number of fused-ring (bicyclic) bond motifs is 1. The van der Waals surface area contributed by atoms with Gasteiger partial charge < -0.3 is 14.0 Å². The molecule has 7 heteroatoms. The van der Waals surface area contributed by atoms with Crippen LogP contribution in [-0.4, -0.2) is 38.4 Å². The molecule has 1 N–H and O–H groups in total. The Morgan fingerprint density at radius 1 is 0.861 bits per heavy atom. The number of ether oxygens (including phenoxy) is 2. The molecule has 0 aliphatic carbocycles. The number of hydrogen-bond donors (Lipinski definition) is 1. The van der Waals surface area contributed by atoms with E-state index in [1.807, 2.05) is 24.3 Å². The normalized spacial score (nSPS) is 11.1. The Morgan fingerprint density at radius 3 is 2.42 bits per heavy atom. The van der Waals surface area contributed by atoms with Gasteiger partial charge in [0, 0.05) is 34.8 Å². The first-order valence-electron chi connectivity index (χ1n) is 12.6. The van der Waals surface area contributed by atoms with E-state index in [-0.39, 0.29) is 0 Å². The Balaban J connectivity index is 1.14. The van der Waals surface area contributed by atoms with Crippen molar-refractivity contribution < 1.29 is 9.47 Å². The topological polar surface area (TPSA) is 77.8 Å². The molecule has 0 spiro atoms. The fourth-order valence-electron chi connectivity index (χ4n) is 4.44. The molecule has 2 aromatic heterocycles. The lowest BCUT2D eigenvalue weighted by Crippen LogP contribution is -2.04. The molecule has 0 saturated heterocycles. The van der Waals surface area contributed by atoms with Crippen molar-refractivity contribution in [1.29, 1.82) is 0 Å². The summed E-state index contributed by atoms with van der Waals surface area (Å²) in [6, 6.07) is 24.9. The highest BCUT2D eigenvalue weighted by Crippen LogP contribution is 2.31. The molecule has 0 atom stereocenters. The zero-order valence-corrected chi connectivity index (χ0v) is 20.6. The number of aromatic nitrogens is 5. The minimum Gasteiger partial charge on any atom is -0.494 e. The maximum Gasteiger partial charge on any atom is 0.179 e. The third-order valence-electron chi connectivity index (χ3n) is 6.26. The Hall–Kier alpha value is -4.13. The summed E-state index contributed by atoms with van der Waals surface area (Å²) in [6.45, 7) is 4.41. The van der Waals surface area contributed by atoms with Crippen LogP contribution >= 0.6 is 0 Å². The molecule has 184 valence electrons. The highest BCUT2D eigenvalue weighted by molar-refractivity contribution is 5.86. The van der Waals surface area contributed by atoms with Crippen molar-refractivity contribution in [3.05, 3.63) is 90.1 Å². The van der Waals surface area contributed by atoms with Crippen LogP contribution in [-0.2, 0) is 13.0 Å². The van der Waals surface area contributed by atoms with E-state index in [1.165, 1.54) is 22.0 Å². The number of tetrazole rings is 1. The summed E-state index contributed by atoms with van der Waals surface area (Å²) in [6.07, 6.45) is 6.13. The number of nitrogens with zero attached hydrogens (tertiary/aromatic N) is 4. The predicted octanol–water partition coefficient (Wildman–Crippen LogP) is 6.06. The monoisotopic (exact) mass is 481 g/mol. The smallest absolute Gasteiger partial charge is 0.179 e. The molecule has 2 heterocycles. The quantitative estimate of drug-likeness (QED) is 0.219. The Morgan fingerprint density at radius 2 is 1.67 bits per heavy atom. The highest BCUT2D eigenvalue weighted by atomic mass is 16.5. The van der Waals surface area contributed by atoms with Crippen molar-refractivity contribution >= 4 is 10.9 Å². The molecular formula is C29H31N5O2. The first-order chi connectivity index (χ1) is 17.8. The molecule has 0 bridgehead atoms. The van der Waals surface area contributed by atoms with Gasteiger partial charge in [0.25, 0.3) is 0 Å². The second-order valence-electron chi connectivity index (χ2n) is 8.83. The van der Waals surface area contributed by atoms with Crippen molar-refractivity contribution in [1.82, 2.24) is 25.2 Å². The van der Waals surface area contributed by atoms with Crippen molar-refractivity contribution in [2.45, 2.75) is 39.2 Å². The lowest BCUT2D eigenvalue weighted by atomic mass is 10.0. The standard InChI is InChI=1S/C29H31N5O2/c1-2-8-26-25-17-18-34(21-22-9-4-3-5-10-22)27(25)15-16-28(26)36-20-7-6-19-35-24-13-11-23(12-14-24)29-30-32-33-31-29/h3-5,9-18H,2,6-8,19-21H2,1H3,(H,30,31,32,33). The van der Waals surface area contributed by atoms with Gasteiger partial charge >= 0.3 is 0 Å². The van der Waals surface area contributed by atoms with Crippen LogP contribution in [0.3, 0.4) is 0 Å². The van der Waals surface area contributed by atoms with Gasteiger partial charge in [-0.3, -0.25) is 0 Å². The van der Waals surface area contributed by atoms with E-state index >= 15 is 0 Å².